The minimum atomic E-state index is -3.12. The van der Waals surface area contributed by atoms with Gasteiger partial charge < -0.3 is 14.4 Å². The van der Waals surface area contributed by atoms with Crippen LogP contribution in [0, 0.1) is 5.92 Å². The molecule has 1 amide bonds. The van der Waals surface area contributed by atoms with Gasteiger partial charge in [0.05, 0.1) is 37.5 Å². The van der Waals surface area contributed by atoms with Gasteiger partial charge in [-0.25, -0.2) is 8.42 Å². The summed E-state index contributed by atoms with van der Waals surface area (Å²) in [4.78, 5) is 18.9. The molecule has 3 aliphatic rings. The fourth-order valence-corrected chi connectivity index (χ4v) is 8.54. The molecule has 0 unspecified atom stereocenters. The van der Waals surface area contributed by atoms with Crippen molar-refractivity contribution in [1.29, 1.82) is 0 Å². The van der Waals surface area contributed by atoms with Gasteiger partial charge in [-0.05, 0) is 24.5 Å². The molecule has 7 nitrogen and oxygen atoms in total. The van der Waals surface area contributed by atoms with Crippen molar-refractivity contribution in [1.82, 2.24) is 0 Å². The molecule has 30 heavy (non-hydrogen) atoms. The lowest BCUT2D eigenvalue weighted by Gasteiger charge is -2.26. The number of amides is 1. The van der Waals surface area contributed by atoms with Crippen LogP contribution in [0.4, 0.5) is 5.69 Å². The highest BCUT2D eigenvalue weighted by Crippen LogP contribution is 2.44. The Morgan fingerprint density at radius 3 is 2.67 bits per heavy atom. The van der Waals surface area contributed by atoms with E-state index in [9.17, 15) is 13.2 Å². The van der Waals surface area contributed by atoms with Crippen molar-refractivity contribution in [3.63, 3.8) is 0 Å². The number of anilines is 1. The maximum atomic E-state index is 12.6. The Morgan fingerprint density at radius 1 is 1.20 bits per heavy atom. The molecule has 2 saturated heterocycles. The Balaban J connectivity index is 1.62. The molecule has 1 saturated carbocycles. The van der Waals surface area contributed by atoms with Gasteiger partial charge in [0.2, 0.25) is 5.91 Å². The van der Waals surface area contributed by atoms with Gasteiger partial charge in [-0.1, -0.05) is 37.4 Å². The zero-order chi connectivity index (χ0) is 21.3. The molecule has 0 N–H and O–H groups in total. The Morgan fingerprint density at radius 2 is 1.97 bits per heavy atom. The number of rotatable bonds is 6. The second kappa shape index (κ2) is 8.78. The van der Waals surface area contributed by atoms with Crippen molar-refractivity contribution in [2.45, 2.75) is 49.8 Å². The normalized spacial score (nSPS) is 26.9. The highest BCUT2D eigenvalue weighted by atomic mass is 32.2. The molecule has 1 aliphatic carbocycles. The summed E-state index contributed by atoms with van der Waals surface area (Å²) in [6, 6.07) is 5.14. The number of amidine groups is 1. The monoisotopic (exact) mass is 452 g/mol. The molecule has 9 heteroatoms. The fraction of sp³-hybridized carbons (Fsp3) is 0.619. The SMILES string of the molecule is COc1ccc(N2C(=NC(=O)CCC3CCCC3)S[C@@H]3CS(=O)(=O)C[C@H]32)c(OC)c1. The second-order valence-corrected chi connectivity index (χ2v) is 11.5. The van der Waals surface area contributed by atoms with E-state index in [4.69, 9.17) is 9.47 Å². The molecule has 2 heterocycles. The van der Waals surface area contributed by atoms with Gasteiger partial charge in [-0.15, -0.1) is 0 Å². The number of thioether (sulfide) groups is 1. The van der Waals surface area contributed by atoms with Crippen LogP contribution in [-0.4, -0.2) is 56.5 Å². The van der Waals surface area contributed by atoms with E-state index >= 15 is 0 Å². The third kappa shape index (κ3) is 4.46. The highest BCUT2D eigenvalue weighted by molar-refractivity contribution is 8.16. The summed E-state index contributed by atoms with van der Waals surface area (Å²) >= 11 is 1.39. The third-order valence-electron chi connectivity index (χ3n) is 6.17. The minimum absolute atomic E-state index is 0.0507. The lowest BCUT2D eigenvalue weighted by molar-refractivity contribution is -0.118. The summed E-state index contributed by atoms with van der Waals surface area (Å²) in [5.41, 5.74) is 0.706. The van der Waals surface area contributed by atoms with Crippen LogP contribution in [0.25, 0.3) is 0 Å². The average molecular weight is 453 g/mol. The molecule has 1 aromatic carbocycles. The predicted molar refractivity (Wildman–Crippen MR) is 119 cm³/mol. The summed E-state index contributed by atoms with van der Waals surface area (Å²) in [5.74, 6) is 1.86. The smallest absolute Gasteiger partial charge is 0.248 e. The van der Waals surface area contributed by atoms with E-state index in [2.05, 4.69) is 4.99 Å². The number of benzene rings is 1. The van der Waals surface area contributed by atoms with E-state index in [1.807, 2.05) is 11.0 Å². The molecule has 3 fully saturated rings. The Labute approximate surface area is 182 Å². The standard InChI is InChI=1S/C21H28N2O5S2/c1-27-15-8-9-16(18(11-15)28-2)23-17-12-30(25,26)13-19(17)29-21(23)22-20(24)10-7-14-5-3-4-6-14/h8-9,11,14,17,19H,3-7,10,12-13H2,1-2H3/t17-,19-/m1/s1. The quantitative estimate of drug-likeness (QED) is 0.655. The van der Waals surface area contributed by atoms with Crippen molar-refractivity contribution in [3.8, 4) is 11.5 Å². The van der Waals surface area contributed by atoms with Crippen LogP contribution in [0.2, 0.25) is 0 Å². The Bertz CT molecular complexity index is 941. The number of carbonyl (C=O) groups excluding carboxylic acids is 1. The number of ether oxygens (including phenoxy) is 2. The molecule has 0 aromatic heterocycles. The predicted octanol–water partition coefficient (Wildman–Crippen LogP) is 3.28. The number of hydrogen-bond donors (Lipinski definition) is 0. The molecule has 0 spiro atoms. The molecule has 0 radical (unpaired) electrons. The van der Waals surface area contributed by atoms with Gasteiger partial charge in [0.25, 0.3) is 0 Å². The van der Waals surface area contributed by atoms with Crippen molar-refractivity contribution < 1.29 is 22.7 Å². The van der Waals surface area contributed by atoms with Crippen molar-refractivity contribution >= 4 is 38.4 Å². The number of hydrogen-bond acceptors (Lipinski definition) is 6. The lowest BCUT2D eigenvalue weighted by atomic mass is 10.0. The molecule has 164 valence electrons. The van der Waals surface area contributed by atoms with Crippen LogP contribution in [0.15, 0.2) is 23.2 Å². The first-order valence-electron chi connectivity index (χ1n) is 10.4. The Kier molecular flexibility index (Phi) is 6.29. The van der Waals surface area contributed by atoms with Gasteiger partial charge in [-0.3, -0.25) is 4.79 Å². The molecule has 4 rings (SSSR count). The third-order valence-corrected chi connectivity index (χ3v) is 9.38. The topological polar surface area (TPSA) is 85.3 Å². The van der Waals surface area contributed by atoms with Crippen LogP contribution in [0.5, 0.6) is 11.5 Å². The van der Waals surface area contributed by atoms with Crippen molar-refractivity contribution in [2.75, 3.05) is 30.6 Å². The average Bonchev–Trinajstić information content (AvgIpc) is 3.40. The molecular weight excluding hydrogens is 424 g/mol. The van der Waals surface area contributed by atoms with Gasteiger partial charge in [0, 0.05) is 17.7 Å². The number of fused-ring (bicyclic) bond motifs is 1. The van der Waals surface area contributed by atoms with Crippen LogP contribution < -0.4 is 14.4 Å². The van der Waals surface area contributed by atoms with E-state index in [-0.39, 0.29) is 28.7 Å². The lowest BCUT2D eigenvalue weighted by Crippen LogP contribution is -2.38. The summed E-state index contributed by atoms with van der Waals surface area (Å²) in [6.45, 7) is 0. The first kappa shape index (κ1) is 21.5. The molecule has 2 aliphatic heterocycles. The number of nitrogens with zero attached hydrogens (tertiary/aromatic N) is 2. The maximum absolute atomic E-state index is 12.6. The number of aliphatic imine (C=N–C) groups is 1. The zero-order valence-corrected chi connectivity index (χ0v) is 19.0. The fourth-order valence-electron chi connectivity index (χ4n) is 4.62. The maximum Gasteiger partial charge on any atom is 0.248 e. The van der Waals surface area contributed by atoms with Crippen LogP contribution in [-0.2, 0) is 14.6 Å². The van der Waals surface area contributed by atoms with Gasteiger partial charge >= 0.3 is 0 Å². The first-order valence-corrected chi connectivity index (χ1v) is 13.1. The number of sulfone groups is 1. The zero-order valence-electron chi connectivity index (χ0n) is 17.4. The summed E-state index contributed by atoms with van der Waals surface area (Å²) in [6.07, 6.45) is 6.24. The van der Waals surface area contributed by atoms with Crippen LogP contribution in [0.3, 0.4) is 0 Å². The highest BCUT2D eigenvalue weighted by Gasteiger charge is 2.50. The van der Waals surface area contributed by atoms with Crippen LogP contribution in [0.1, 0.15) is 38.5 Å². The van der Waals surface area contributed by atoms with Crippen molar-refractivity contribution in [2.24, 2.45) is 10.9 Å². The minimum Gasteiger partial charge on any atom is -0.497 e. The van der Waals surface area contributed by atoms with Crippen molar-refractivity contribution in [3.05, 3.63) is 18.2 Å². The van der Waals surface area contributed by atoms with Gasteiger partial charge in [0.15, 0.2) is 15.0 Å². The Hall–Kier alpha value is -1.74. The second-order valence-electron chi connectivity index (χ2n) is 8.19. The van der Waals surface area contributed by atoms with Gasteiger partial charge in [0.1, 0.15) is 11.5 Å². The largest absolute Gasteiger partial charge is 0.497 e. The molecule has 1 aromatic rings. The van der Waals surface area contributed by atoms with E-state index in [0.29, 0.717) is 34.7 Å². The summed E-state index contributed by atoms with van der Waals surface area (Å²) in [7, 11) is 0.0225. The first-order chi connectivity index (χ1) is 14.4. The molecule has 2 atom stereocenters. The van der Waals surface area contributed by atoms with E-state index in [1.165, 1.54) is 37.4 Å². The summed E-state index contributed by atoms with van der Waals surface area (Å²) < 4.78 is 35.3. The number of carbonyl (C=O) groups is 1. The van der Waals surface area contributed by atoms with Gasteiger partial charge in [-0.2, -0.15) is 4.99 Å². The number of methoxy groups -OCH3 is 2. The molecule has 0 bridgehead atoms. The van der Waals surface area contributed by atoms with E-state index < -0.39 is 9.84 Å². The van der Waals surface area contributed by atoms with E-state index in [0.717, 1.165) is 6.42 Å². The summed E-state index contributed by atoms with van der Waals surface area (Å²) in [5, 5.41) is 0.433. The van der Waals surface area contributed by atoms with Crippen LogP contribution >= 0.6 is 11.8 Å². The molecular formula is C21H28N2O5S2. The van der Waals surface area contributed by atoms with E-state index in [1.54, 1.807) is 26.4 Å².